The van der Waals surface area contributed by atoms with E-state index in [1.807, 2.05) is 0 Å². The Morgan fingerprint density at radius 1 is 1.14 bits per heavy atom. The van der Waals surface area contributed by atoms with Gasteiger partial charge in [-0.3, -0.25) is 14.5 Å². The average molecular weight is 563 g/mol. The molecule has 1 aliphatic rings. The second-order valence-corrected chi connectivity index (χ2v) is 10.0. The monoisotopic (exact) mass is 562 g/mol. The highest BCUT2D eigenvalue weighted by Gasteiger charge is 2.32. The highest BCUT2D eigenvalue weighted by atomic mass is 35.5. The number of phenols is 1. The lowest BCUT2D eigenvalue weighted by Crippen LogP contribution is -2.31. The Morgan fingerprint density at radius 2 is 1.92 bits per heavy atom. The van der Waals surface area contributed by atoms with Crippen LogP contribution in [0.1, 0.15) is 22.5 Å². The number of hydrogen-bond acceptors (Lipinski definition) is 7. The zero-order valence-corrected chi connectivity index (χ0v) is 21.3. The van der Waals surface area contributed by atoms with E-state index >= 15 is 0 Å². The zero-order valence-electron chi connectivity index (χ0n) is 18.2. The molecule has 0 spiro atoms. The van der Waals surface area contributed by atoms with E-state index in [4.69, 9.17) is 44.9 Å². The van der Waals surface area contributed by atoms with Gasteiger partial charge in [0.2, 0.25) is 5.91 Å². The van der Waals surface area contributed by atoms with E-state index in [0.29, 0.717) is 36.4 Å². The number of nitrogens with zero attached hydrogens (tertiary/aromatic N) is 1. The summed E-state index contributed by atoms with van der Waals surface area (Å²) in [7, 11) is 0. The van der Waals surface area contributed by atoms with E-state index in [0.717, 1.165) is 17.8 Å². The van der Waals surface area contributed by atoms with Gasteiger partial charge < -0.3 is 19.9 Å². The number of carbonyl (C=O) groups excluding carboxylic acids is 2. The van der Waals surface area contributed by atoms with Crippen molar-refractivity contribution in [2.75, 3.05) is 11.9 Å². The number of anilines is 1. The van der Waals surface area contributed by atoms with Gasteiger partial charge in [0.05, 0.1) is 9.93 Å². The van der Waals surface area contributed by atoms with Crippen molar-refractivity contribution in [1.29, 1.82) is 0 Å². The highest BCUT2D eigenvalue weighted by molar-refractivity contribution is 8.26. The molecule has 2 heterocycles. The number of benzene rings is 2. The second-order valence-electron chi connectivity index (χ2n) is 7.49. The number of aromatic carboxylic acids is 1. The van der Waals surface area contributed by atoms with Crippen LogP contribution < -0.4 is 5.32 Å². The van der Waals surface area contributed by atoms with Crippen LogP contribution in [-0.4, -0.2) is 43.8 Å². The molecular formula is C24H16Cl2N2O6S2. The summed E-state index contributed by atoms with van der Waals surface area (Å²) in [5.41, 5.74) is 0.561. The minimum atomic E-state index is -1.29. The van der Waals surface area contributed by atoms with Crippen LogP contribution in [0.5, 0.6) is 5.75 Å². The predicted molar refractivity (Wildman–Crippen MR) is 142 cm³/mol. The van der Waals surface area contributed by atoms with Crippen LogP contribution in [0, 0.1) is 0 Å². The third-order valence-electron chi connectivity index (χ3n) is 5.04. The van der Waals surface area contributed by atoms with Crippen molar-refractivity contribution < 1.29 is 29.0 Å². The Labute approximate surface area is 224 Å². The van der Waals surface area contributed by atoms with Crippen molar-refractivity contribution in [2.45, 2.75) is 6.42 Å². The molecule has 36 heavy (non-hydrogen) atoms. The molecule has 1 saturated heterocycles. The summed E-state index contributed by atoms with van der Waals surface area (Å²) in [6.07, 6.45) is 1.49. The largest absolute Gasteiger partial charge is 0.507 e. The average Bonchev–Trinajstić information content (AvgIpc) is 3.38. The molecule has 0 unspecified atom stereocenters. The third kappa shape index (κ3) is 5.73. The first-order valence-corrected chi connectivity index (χ1v) is 12.3. The summed E-state index contributed by atoms with van der Waals surface area (Å²) < 4.78 is 6.11. The van der Waals surface area contributed by atoms with Gasteiger partial charge in [0.1, 0.15) is 27.2 Å². The number of hydrogen-bond donors (Lipinski definition) is 3. The fourth-order valence-electron chi connectivity index (χ4n) is 3.31. The number of carboxylic acid groups (broad SMARTS) is 1. The molecule has 0 aliphatic carbocycles. The van der Waals surface area contributed by atoms with Gasteiger partial charge in [-0.2, -0.15) is 0 Å². The van der Waals surface area contributed by atoms with Gasteiger partial charge in [0.15, 0.2) is 0 Å². The van der Waals surface area contributed by atoms with Gasteiger partial charge in [-0.25, -0.2) is 4.79 Å². The SMILES string of the molecule is O=C(CCN1C(=O)/C(=C/c2ccc(-c3cc(Cl)ccc3Cl)o2)SC1=S)Nc1ccc(C(=O)O)c(O)c1. The van der Waals surface area contributed by atoms with Crippen LogP contribution in [0.15, 0.2) is 57.9 Å². The molecule has 12 heteroatoms. The van der Waals surface area contributed by atoms with E-state index < -0.39 is 17.6 Å². The van der Waals surface area contributed by atoms with Crippen LogP contribution in [0.25, 0.3) is 17.4 Å². The molecule has 1 fully saturated rings. The second kappa shape index (κ2) is 10.8. The van der Waals surface area contributed by atoms with Crippen molar-refractivity contribution in [3.8, 4) is 17.1 Å². The molecular weight excluding hydrogens is 547 g/mol. The van der Waals surface area contributed by atoms with E-state index in [9.17, 15) is 19.5 Å². The summed E-state index contributed by atoms with van der Waals surface area (Å²) in [4.78, 5) is 37.8. The normalized spacial score (nSPS) is 14.5. The number of halogens is 2. The number of thiocarbonyl (C=S) groups is 1. The zero-order chi connectivity index (χ0) is 26.0. The minimum Gasteiger partial charge on any atom is -0.507 e. The van der Waals surface area contributed by atoms with Crippen molar-refractivity contribution in [2.24, 2.45) is 0 Å². The van der Waals surface area contributed by atoms with Gasteiger partial charge in [-0.1, -0.05) is 47.2 Å². The van der Waals surface area contributed by atoms with Crippen LogP contribution >= 0.6 is 47.2 Å². The molecule has 2 aromatic carbocycles. The van der Waals surface area contributed by atoms with Gasteiger partial charge in [-0.15, -0.1) is 0 Å². The Bertz CT molecular complexity index is 1440. The first-order valence-electron chi connectivity index (χ1n) is 10.3. The predicted octanol–water partition coefficient (Wildman–Crippen LogP) is 5.89. The van der Waals surface area contributed by atoms with Crippen molar-refractivity contribution in [1.82, 2.24) is 4.90 Å². The van der Waals surface area contributed by atoms with Gasteiger partial charge in [-0.05, 0) is 42.5 Å². The number of nitrogens with one attached hydrogen (secondary N) is 1. The Kier molecular flexibility index (Phi) is 7.70. The Balaban J connectivity index is 1.39. The number of thioether (sulfide) groups is 1. The lowest BCUT2D eigenvalue weighted by atomic mass is 10.2. The molecule has 0 bridgehead atoms. The molecule has 8 nitrogen and oxygen atoms in total. The van der Waals surface area contributed by atoms with E-state index in [2.05, 4.69) is 5.32 Å². The molecule has 3 N–H and O–H groups in total. The first kappa shape index (κ1) is 25.8. The summed E-state index contributed by atoms with van der Waals surface area (Å²) in [6, 6.07) is 12.1. The number of carbonyl (C=O) groups is 3. The number of furan rings is 1. The summed E-state index contributed by atoms with van der Waals surface area (Å²) in [5.74, 6) is -1.65. The maximum absolute atomic E-state index is 12.9. The Hall–Kier alpha value is -3.31. The van der Waals surface area contributed by atoms with Crippen molar-refractivity contribution in [3.05, 3.63) is 74.8 Å². The van der Waals surface area contributed by atoms with Crippen LogP contribution in [0.4, 0.5) is 5.69 Å². The Morgan fingerprint density at radius 3 is 2.64 bits per heavy atom. The molecule has 0 atom stereocenters. The van der Waals surface area contributed by atoms with Crippen LogP contribution in [0.3, 0.4) is 0 Å². The topological polar surface area (TPSA) is 120 Å². The fraction of sp³-hybridized carbons (Fsp3) is 0.0833. The number of amides is 2. The number of rotatable bonds is 7. The van der Waals surface area contributed by atoms with Crippen LogP contribution in [0.2, 0.25) is 10.0 Å². The molecule has 0 saturated carbocycles. The molecule has 184 valence electrons. The number of carboxylic acids is 1. The molecule has 2 amide bonds. The van der Waals surface area contributed by atoms with Gasteiger partial charge in [0.25, 0.3) is 5.91 Å². The summed E-state index contributed by atoms with van der Waals surface area (Å²) >= 11 is 18.7. The molecule has 1 aliphatic heterocycles. The molecule has 1 aromatic heterocycles. The van der Waals surface area contributed by atoms with Crippen molar-refractivity contribution in [3.63, 3.8) is 0 Å². The molecule has 4 rings (SSSR count). The molecule has 3 aromatic rings. The van der Waals surface area contributed by atoms with Gasteiger partial charge in [0, 0.05) is 41.4 Å². The van der Waals surface area contributed by atoms with E-state index in [1.54, 1.807) is 36.4 Å². The van der Waals surface area contributed by atoms with E-state index in [-0.39, 0.29) is 30.1 Å². The summed E-state index contributed by atoms with van der Waals surface area (Å²) in [6.45, 7) is 0.0363. The van der Waals surface area contributed by atoms with Gasteiger partial charge >= 0.3 is 5.97 Å². The number of aromatic hydroxyl groups is 1. The van der Waals surface area contributed by atoms with E-state index in [1.165, 1.54) is 17.0 Å². The quantitative estimate of drug-likeness (QED) is 0.241. The maximum Gasteiger partial charge on any atom is 0.339 e. The lowest BCUT2D eigenvalue weighted by molar-refractivity contribution is -0.122. The van der Waals surface area contributed by atoms with Crippen LogP contribution in [-0.2, 0) is 9.59 Å². The smallest absolute Gasteiger partial charge is 0.339 e. The molecule has 0 radical (unpaired) electrons. The highest BCUT2D eigenvalue weighted by Crippen LogP contribution is 2.35. The maximum atomic E-state index is 12.9. The fourth-order valence-corrected chi connectivity index (χ4v) is 4.98. The van der Waals surface area contributed by atoms with Crippen molar-refractivity contribution >= 4 is 81.0 Å². The third-order valence-corrected chi connectivity index (χ3v) is 6.98. The lowest BCUT2D eigenvalue weighted by Gasteiger charge is -2.14. The minimum absolute atomic E-state index is 0.0363. The standard InChI is InChI=1S/C24H16Cl2N2O6S2/c25-12-1-5-17(26)16(9-12)19-6-3-14(34-19)11-20-22(31)28(24(35)36-20)8-7-21(30)27-13-2-4-15(23(32)33)18(29)10-13/h1-6,9-11,29H,7-8H2,(H,27,30)(H,32,33)/b20-11-. The summed E-state index contributed by atoms with van der Waals surface area (Å²) in [5, 5.41) is 22.2. The first-order chi connectivity index (χ1) is 17.1.